The van der Waals surface area contributed by atoms with Gasteiger partial charge in [-0.25, -0.2) is 14.4 Å². The van der Waals surface area contributed by atoms with Gasteiger partial charge in [0.1, 0.15) is 12.7 Å². The maximum Gasteiger partial charge on any atom is 0.414 e. The van der Waals surface area contributed by atoms with Gasteiger partial charge in [0.15, 0.2) is 0 Å². The molecule has 2 aliphatic heterocycles. The zero-order valence-electron chi connectivity index (χ0n) is 13.1. The second-order valence-corrected chi connectivity index (χ2v) is 5.27. The van der Waals surface area contributed by atoms with E-state index in [-0.39, 0.29) is 12.6 Å². The number of rotatable bonds is 4. The molecule has 2 heterocycles. The summed E-state index contributed by atoms with van der Waals surface area (Å²) in [5.74, 6) is 0. The Morgan fingerprint density at radius 3 is 2.46 bits per heavy atom. The van der Waals surface area contributed by atoms with Gasteiger partial charge in [-0.15, -0.1) is 0 Å². The smallest absolute Gasteiger partial charge is 0.414 e. The molecular formula is C15H17N3O6. The molecule has 1 atom stereocenters. The van der Waals surface area contributed by atoms with Gasteiger partial charge < -0.3 is 19.5 Å². The van der Waals surface area contributed by atoms with Crippen LogP contribution in [0.15, 0.2) is 24.3 Å². The van der Waals surface area contributed by atoms with Crippen molar-refractivity contribution in [3.05, 3.63) is 24.3 Å². The lowest BCUT2D eigenvalue weighted by Crippen LogP contribution is -2.34. The lowest BCUT2D eigenvalue weighted by Gasteiger charge is -2.16. The molecule has 1 N–H and O–H groups in total. The fourth-order valence-corrected chi connectivity index (χ4v) is 2.55. The van der Waals surface area contributed by atoms with Crippen LogP contribution >= 0.6 is 0 Å². The van der Waals surface area contributed by atoms with Crippen molar-refractivity contribution in [1.29, 1.82) is 0 Å². The first kappa shape index (κ1) is 15.9. The molecule has 1 aromatic carbocycles. The molecule has 0 radical (unpaired) electrons. The summed E-state index contributed by atoms with van der Waals surface area (Å²) < 4.78 is 14.6. The van der Waals surface area contributed by atoms with Crippen molar-refractivity contribution >= 4 is 29.7 Å². The Morgan fingerprint density at radius 1 is 1.21 bits per heavy atom. The number of nitrogens with zero attached hydrogens (tertiary/aromatic N) is 2. The number of benzene rings is 1. The molecule has 0 bridgehead atoms. The van der Waals surface area contributed by atoms with Gasteiger partial charge in [0.25, 0.3) is 0 Å². The largest absolute Gasteiger partial charge is 0.453 e. The number of nitrogens with one attached hydrogen (secondary N) is 1. The summed E-state index contributed by atoms with van der Waals surface area (Å²) in [7, 11) is 1.26. The minimum atomic E-state index is -0.577. The van der Waals surface area contributed by atoms with Crippen LogP contribution in [-0.4, -0.2) is 57.7 Å². The van der Waals surface area contributed by atoms with E-state index < -0.39 is 18.3 Å². The van der Waals surface area contributed by atoms with Gasteiger partial charge in [0.05, 0.1) is 26.7 Å². The summed E-state index contributed by atoms with van der Waals surface area (Å²) in [6.45, 7) is 1.36. The third-order valence-electron chi connectivity index (χ3n) is 3.77. The van der Waals surface area contributed by atoms with Crippen LogP contribution in [0.1, 0.15) is 0 Å². The first-order valence-corrected chi connectivity index (χ1v) is 7.43. The number of carbonyl (C=O) groups is 3. The monoisotopic (exact) mass is 335 g/mol. The van der Waals surface area contributed by atoms with Crippen molar-refractivity contribution < 1.29 is 28.6 Å². The fraction of sp³-hybridized carbons (Fsp3) is 0.400. The predicted octanol–water partition coefficient (Wildman–Crippen LogP) is 1.32. The standard InChI is InChI=1S/C15H17N3O6/c1-22-13(19)16-8-12-9-18(15(21)24-12)11-4-2-10(3-5-11)17-6-7-23-14(17)20/h2-5,12H,6-9H2,1H3,(H,16,19)/t12-/m0/s1. The summed E-state index contributed by atoms with van der Waals surface area (Å²) in [6, 6.07) is 6.96. The van der Waals surface area contributed by atoms with E-state index >= 15 is 0 Å². The van der Waals surface area contributed by atoms with Crippen molar-refractivity contribution in [2.75, 3.05) is 43.2 Å². The fourth-order valence-electron chi connectivity index (χ4n) is 2.55. The molecule has 2 fully saturated rings. The van der Waals surface area contributed by atoms with Crippen LogP contribution in [-0.2, 0) is 14.2 Å². The number of hydrogen-bond acceptors (Lipinski definition) is 6. The topological polar surface area (TPSA) is 97.4 Å². The van der Waals surface area contributed by atoms with Gasteiger partial charge in [-0.1, -0.05) is 0 Å². The Kier molecular flexibility index (Phi) is 4.41. The Morgan fingerprint density at radius 2 is 1.88 bits per heavy atom. The molecule has 1 aromatic rings. The molecule has 0 unspecified atom stereocenters. The molecular weight excluding hydrogens is 318 g/mol. The van der Waals surface area contributed by atoms with E-state index in [1.165, 1.54) is 16.9 Å². The highest BCUT2D eigenvalue weighted by Crippen LogP contribution is 2.26. The molecule has 9 heteroatoms. The Hall–Kier alpha value is -2.97. The third-order valence-corrected chi connectivity index (χ3v) is 3.77. The van der Waals surface area contributed by atoms with Gasteiger partial charge in [0.2, 0.25) is 0 Å². The molecule has 3 rings (SSSR count). The number of carbonyl (C=O) groups excluding carboxylic acids is 3. The highest BCUT2D eigenvalue weighted by Gasteiger charge is 2.33. The van der Waals surface area contributed by atoms with Gasteiger partial charge in [0, 0.05) is 11.4 Å². The molecule has 0 saturated carbocycles. The van der Waals surface area contributed by atoms with Crippen molar-refractivity contribution in [1.82, 2.24) is 5.32 Å². The zero-order valence-corrected chi connectivity index (χ0v) is 13.1. The molecule has 0 aromatic heterocycles. The summed E-state index contributed by atoms with van der Waals surface area (Å²) in [6.07, 6.45) is -1.89. The number of amides is 3. The molecule has 128 valence electrons. The minimum Gasteiger partial charge on any atom is -0.453 e. The van der Waals surface area contributed by atoms with Crippen molar-refractivity contribution in [3.63, 3.8) is 0 Å². The second-order valence-electron chi connectivity index (χ2n) is 5.27. The molecule has 24 heavy (non-hydrogen) atoms. The average Bonchev–Trinajstić information content (AvgIpc) is 3.18. The quantitative estimate of drug-likeness (QED) is 0.834. The summed E-state index contributed by atoms with van der Waals surface area (Å²) in [5.41, 5.74) is 1.36. The van der Waals surface area contributed by atoms with Gasteiger partial charge in [-0.2, -0.15) is 0 Å². The molecule has 9 nitrogen and oxygen atoms in total. The number of alkyl carbamates (subject to hydrolysis) is 1. The lowest BCUT2D eigenvalue weighted by molar-refractivity contribution is 0.132. The van der Waals surface area contributed by atoms with E-state index in [0.717, 1.165) is 0 Å². The molecule has 2 saturated heterocycles. The summed E-state index contributed by atoms with van der Waals surface area (Å²) >= 11 is 0. The van der Waals surface area contributed by atoms with Crippen molar-refractivity contribution in [2.45, 2.75) is 6.10 Å². The Labute approximate surface area is 138 Å². The number of anilines is 2. The van der Waals surface area contributed by atoms with E-state index in [4.69, 9.17) is 9.47 Å². The van der Waals surface area contributed by atoms with Crippen LogP contribution in [0.5, 0.6) is 0 Å². The van der Waals surface area contributed by atoms with E-state index in [0.29, 0.717) is 31.1 Å². The summed E-state index contributed by atoms with van der Waals surface area (Å²) in [5, 5.41) is 2.49. The van der Waals surface area contributed by atoms with Crippen LogP contribution in [0.2, 0.25) is 0 Å². The molecule has 0 aliphatic carbocycles. The van der Waals surface area contributed by atoms with Crippen LogP contribution < -0.4 is 15.1 Å². The van der Waals surface area contributed by atoms with E-state index in [1.807, 2.05) is 0 Å². The molecule has 2 aliphatic rings. The van der Waals surface area contributed by atoms with Crippen molar-refractivity contribution in [2.24, 2.45) is 0 Å². The van der Waals surface area contributed by atoms with Gasteiger partial charge >= 0.3 is 18.3 Å². The van der Waals surface area contributed by atoms with E-state index in [1.54, 1.807) is 24.3 Å². The van der Waals surface area contributed by atoms with Gasteiger partial charge in [-0.3, -0.25) is 9.80 Å². The van der Waals surface area contributed by atoms with E-state index in [2.05, 4.69) is 10.1 Å². The predicted molar refractivity (Wildman–Crippen MR) is 83.2 cm³/mol. The van der Waals surface area contributed by atoms with Crippen molar-refractivity contribution in [3.8, 4) is 0 Å². The van der Waals surface area contributed by atoms with Crippen LogP contribution in [0.3, 0.4) is 0 Å². The zero-order chi connectivity index (χ0) is 17.1. The molecule has 3 amide bonds. The highest BCUT2D eigenvalue weighted by molar-refractivity contribution is 5.92. The summed E-state index contributed by atoms with van der Waals surface area (Å²) in [4.78, 5) is 37.6. The lowest BCUT2D eigenvalue weighted by atomic mass is 10.2. The maximum absolute atomic E-state index is 12.0. The number of methoxy groups -OCH3 is 1. The third kappa shape index (κ3) is 3.19. The first-order chi connectivity index (χ1) is 11.6. The first-order valence-electron chi connectivity index (χ1n) is 7.43. The van der Waals surface area contributed by atoms with E-state index in [9.17, 15) is 14.4 Å². The number of ether oxygens (including phenoxy) is 3. The number of hydrogen-bond donors (Lipinski definition) is 1. The SMILES string of the molecule is COC(=O)NC[C@H]1CN(c2ccc(N3CCOC3=O)cc2)C(=O)O1. The highest BCUT2D eigenvalue weighted by atomic mass is 16.6. The van der Waals surface area contributed by atoms with Crippen LogP contribution in [0.4, 0.5) is 25.8 Å². The minimum absolute atomic E-state index is 0.173. The van der Waals surface area contributed by atoms with Crippen LogP contribution in [0, 0.1) is 0 Å². The normalized spacial score (nSPS) is 20.0. The van der Waals surface area contributed by atoms with Crippen LogP contribution in [0.25, 0.3) is 0 Å². The average molecular weight is 335 g/mol. The second kappa shape index (κ2) is 6.65. The Balaban J connectivity index is 1.63. The van der Waals surface area contributed by atoms with Gasteiger partial charge in [-0.05, 0) is 24.3 Å². The maximum atomic E-state index is 12.0. The molecule has 0 spiro atoms. The number of cyclic esters (lactones) is 2. The Bertz CT molecular complexity index is 647.